The molecule has 0 fully saturated rings. The van der Waals surface area contributed by atoms with Crippen LogP contribution >= 0.6 is 0 Å². The SMILES string of the molecule is CC1CCc2cc(-c3cccc4ccccc34)ccc2N1. The quantitative estimate of drug-likeness (QED) is 0.638. The van der Waals surface area contributed by atoms with Crippen molar-refractivity contribution >= 4 is 16.5 Å². The van der Waals surface area contributed by atoms with Crippen molar-refractivity contribution in [3.63, 3.8) is 0 Å². The third-order valence-corrected chi connectivity index (χ3v) is 4.45. The van der Waals surface area contributed by atoms with Crippen LogP contribution in [0.3, 0.4) is 0 Å². The molecule has 0 aliphatic carbocycles. The number of nitrogens with one attached hydrogen (secondary N) is 1. The molecule has 3 aromatic carbocycles. The van der Waals surface area contributed by atoms with E-state index in [2.05, 4.69) is 72.9 Å². The van der Waals surface area contributed by atoms with Gasteiger partial charge in [0.05, 0.1) is 0 Å². The second kappa shape index (κ2) is 4.92. The molecule has 104 valence electrons. The fourth-order valence-corrected chi connectivity index (χ4v) is 3.30. The van der Waals surface area contributed by atoms with E-state index in [9.17, 15) is 0 Å². The summed E-state index contributed by atoms with van der Waals surface area (Å²) in [5.41, 5.74) is 5.40. The zero-order valence-corrected chi connectivity index (χ0v) is 12.3. The standard InChI is InChI=1S/C20H19N/c1-14-9-10-17-13-16(11-12-20(17)21-14)19-8-4-6-15-5-2-3-7-18(15)19/h2-8,11-14,21H,9-10H2,1H3. The highest BCUT2D eigenvalue weighted by Gasteiger charge is 2.14. The number of aryl methyl sites for hydroxylation is 1. The van der Waals surface area contributed by atoms with Gasteiger partial charge in [0.1, 0.15) is 0 Å². The third kappa shape index (κ3) is 2.19. The topological polar surface area (TPSA) is 12.0 Å². The van der Waals surface area contributed by atoms with Crippen molar-refractivity contribution in [2.24, 2.45) is 0 Å². The average Bonchev–Trinajstić information content (AvgIpc) is 2.54. The Morgan fingerprint density at radius 1 is 0.952 bits per heavy atom. The minimum absolute atomic E-state index is 0.584. The van der Waals surface area contributed by atoms with Crippen LogP contribution in [0.4, 0.5) is 5.69 Å². The van der Waals surface area contributed by atoms with E-state index in [0.717, 1.165) is 0 Å². The van der Waals surface area contributed by atoms with E-state index in [-0.39, 0.29) is 0 Å². The summed E-state index contributed by atoms with van der Waals surface area (Å²) in [5, 5.41) is 6.21. The van der Waals surface area contributed by atoms with E-state index in [1.54, 1.807) is 0 Å². The van der Waals surface area contributed by atoms with Gasteiger partial charge in [-0.3, -0.25) is 0 Å². The average molecular weight is 273 g/mol. The summed E-state index contributed by atoms with van der Waals surface area (Å²) >= 11 is 0. The summed E-state index contributed by atoms with van der Waals surface area (Å²) in [6, 6.07) is 22.6. The van der Waals surface area contributed by atoms with Gasteiger partial charge < -0.3 is 5.32 Å². The molecule has 1 unspecified atom stereocenters. The molecular formula is C20H19N. The molecule has 0 amide bonds. The highest BCUT2D eigenvalue weighted by Crippen LogP contribution is 2.33. The molecule has 1 nitrogen and oxygen atoms in total. The lowest BCUT2D eigenvalue weighted by Crippen LogP contribution is -2.21. The summed E-state index contributed by atoms with van der Waals surface area (Å²) in [5.74, 6) is 0. The van der Waals surface area contributed by atoms with Gasteiger partial charge in [0.25, 0.3) is 0 Å². The van der Waals surface area contributed by atoms with Crippen LogP contribution in [0.5, 0.6) is 0 Å². The van der Waals surface area contributed by atoms with Gasteiger partial charge in [-0.1, -0.05) is 48.5 Å². The maximum atomic E-state index is 3.58. The van der Waals surface area contributed by atoms with Gasteiger partial charge in [-0.05, 0) is 59.4 Å². The Labute approximate surface area is 125 Å². The molecular weight excluding hydrogens is 254 g/mol. The van der Waals surface area contributed by atoms with Crippen molar-refractivity contribution in [3.8, 4) is 11.1 Å². The fraction of sp³-hybridized carbons (Fsp3) is 0.200. The Bertz CT molecular complexity index is 799. The number of hydrogen-bond acceptors (Lipinski definition) is 1. The van der Waals surface area contributed by atoms with Crippen LogP contribution in [0.25, 0.3) is 21.9 Å². The van der Waals surface area contributed by atoms with E-state index < -0.39 is 0 Å². The fourth-order valence-electron chi connectivity index (χ4n) is 3.30. The summed E-state index contributed by atoms with van der Waals surface area (Å²) in [6.45, 7) is 2.25. The number of rotatable bonds is 1. The second-order valence-electron chi connectivity index (χ2n) is 5.98. The number of hydrogen-bond donors (Lipinski definition) is 1. The van der Waals surface area contributed by atoms with Crippen molar-refractivity contribution < 1.29 is 0 Å². The van der Waals surface area contributed by atoms with Crippen LogP contribution < -0.4 is 5.32 Å². The maximum Gasteiger partial charge on any atom is 0.0375 e. The molecule has 1 heteroatoms. The summed E-state index contributed by atoms with van der Waals surface area (Å²) in [4.78, 5) is 0. The van der Waals surface area contributed by atoms with Crippen molar-refractivity contribution in [1.82, 2.24) is 0 Å². The predicted molar refractivity (Wildman–Crippen MR) is 90.8 cm³/mol. The Kier molecular flexibility index (Phi) is 2.92. The first-order chi connectivity index (χ1) is 10.3. The van der Waals surface area contributed by atoms with E-state index in [1.165, 1.54) is 46.0 Å². The zero-order chi connectivity index (χ0) is 14.2. The highest BCUT2D eigenvalue weighted by atomic mass is 14.9. The smallest absolute Gasteiger partial charge is 0.0375 e. The molecule has 0 aromatic heterocycles. The molecule has 1 atom stereocenters. The van der Waals surface area contributed by atoms with Crippen LogP contribution in [-0.2, 0) is 6.42 Å². The monoisotopic (exact) mass is 273 g/mol. The van der Waals surface area contributed by atoms with Crippen molar-refractivity contribution in [3.05, 3.63) is 66.2 Å². The molecule has 0 radical (unpaired) electrons. The molecule has 21 heavy (non-hydrogen) atoms. The van der Waals surface area contributed by atoms with Gasteiger partial charge in [-0.25, -0.2) is 0 Å². The van der Waals surface area contributed by atoms with Crippen molar-refractivity contribution in [1.29, 1.82) is 0 Å². The van der Waals surface area contributed by atoms with E-state index >= 15 is 0 Å². The zero-order valence-electron chi connectivity index (χ0n) is 12.3. The van der Waals surface area contributed by atoms with Gasteiger partial charge in [0.15, 0.2) is 0 Å². The second-order valence-corrected chi connectivity index (χ2v) is 5.98. The van der Waals surface area contributed by atoms with E-state index in [4.69, 9.17) is 0 Å². The van der Waals surface area contributed by atoms with E-state index in [0.29, 0.717) is 6.04 Å². The number of benzene rings is 3. The third-order valence-electron chi connectivity index (χ3n) is 4.45. The first kappa shape index (κ1) is 12.5. The number of fused-ring (bicyclic) bond motifs is 2. The Balaban J connectivity index is 1.86. The maximum absolute atomic E-state index is 3.58. The van der Waals surface area contributed by atoms with E-state index in [1.807, 2.05) is 0 Å². The Morgan fingerprint density at radius 3 is 2.76 bits per heavy atom. The summed E-state index contributed by atoms with van der Waals surface area (Å²) < 4.78 is 0. The van der Waals surface area contributed by atoms with Crippen LogP contribution in [-0.4, -0.2) is 6.04 Å². The molecule has 0 bridgehead atoms. The van der Waals surface area contributed by atoms with Gasteiger partial charge >= 0.3 is 0 Å². The molecule has 1 aliphatic heterocycles. The molecule has 3 aromatic rings. The minimum atomic E-state index is 0.584. The van der Waals surface area contributed by atoms with Gasteiger partial charge in [-0.2, -0.15) is 0 Å². The van der Waals surface area contributed by atoms with Crippen LogP contribution in [0.15, 0.2) is 60.7 Å². The lowest BCUT2D eigenvalue weighted by atomic mass is 9.93. The first-order valence-electron chi connectivity index (χ1n) is 7.69. The molecule has 4 rings (SSSR count). The van der Waals surface area contributed by atoms with Crippen molar-refractivity contribution in [2.45, 2.75) is 25.8 Å². The lowest BCUT2D eigenvalue weighted by Gasteiger charge is -2.24. The first-order valence-corrected chi connectivity index (χ1v) is 7.69. The Morgan fingerprint density at radius 2 is 1.81 bits per heavy atom. The van der Waals surface area contributed by atoms with Crippen LogP contribution in [0.2, 0.25) is 0 Å². The molecule has 1 aliphatic rings. The summed E-state index contributed by atoms with van der Waals surface area (Å²) in [6.07, 6.45) is 2.38. The molecule has 0 saturated carbocycles. The van der Waals surface area contributed by atoms with Gasteiger partial charge in [-0.15, -0.1) is 0 Å². The molecule has 0 saturated heterocycles. The van der Waals surface area contributed by atoms with Crippen molar-refractivity contribution in [2.75, 3.05) is 5.32 Å². The largest absolute Gasteiger partial charge is 0.382 e. The predicted octanol–water partition coefficient (Wildman–Crippen LogP) is 5.25. The molecule has 0 spiro atoms. The minimum Gasteiger partial charge on any atom is -0.382 e. The number of anilines is 1. The normalized spacial score (nSPS) is 17.3. The highest BCUT2D eigenvalue weighted by molar-refractivity contribution is 5.96. The van der Waals surface area contributed by atoms with Crippen LogP contribution in [0.1, 0.15) is 18.9 Å². The Hall–Kier alpha value is -2.28. The van der Waals surface area contributed by atoms with Gasteiger partial charge in [0.2, 0.25) is 0 Å². The summed E-state index contributed by atoms with van der Waals surface area (Å²) in [7, 11) is 0. The van der Waals surface area contributed by atoms with Crippen LogP contribution in [0, 0.1) is 0 Å². The lowest BCUT2D eigenvalue weighted by molar-refractivity contribution is 0.681. The molecule has 1 heterocycles. The van der Waals surface area contributed by atoms with Gasteiger partial charge in [0, 0.05) is 11.7 Å². The molecule has 1 N–H and O–H groups in total.